The maximum absolute atomic E-state index is 11.0. The molecule has 1 aliphatic carbocycles. The number of carboxylic acid groups (broad SMARTS) is 1. The van der Waals surface area contributed by atoms with Crippen LogP contribution in [0.25, 0.3) is 0 Å². The number of pyridine rings is 1. The first kappa shape index (κ1) is 13.8. The second kappa shape index (κ2) is 5.59. The average Bonchev–Trinajstić information content (AvgIpc) is 2.34. The van der Waals surface area contributed by atoms with Gasteiger partial charge in [0.25, 0.3) is 0 Å². The molecule has 4 nitrogen and oxygen atoms in total. The molecule has 104 valence electrons. The van der Waals surface area contributed by atoms with Crippen molar-refractivity contribution in [2.75, 3.05) is 5.32 Å². The van der Waals surface area contributed by atoms with Gasteiger partial charge in [-0.1, -0.05) is 26.7 Å². The predicted molar refractivity (Wildman–Crippen MR) is 75.5 cm³/mol. The van der Waals surface area contributed by atoms with Crippen molar-refractivity contribution >= 4 is 11.8 Å². The predicted octanol–water partition coefficient (Wildman–Crippen LogP) is 3.32. The topological polar surface area (TPSA) is 62.2 Å². The summed E-state index contributed by atoms with van der Waals surface area (Å²) in [5.41, 5.74) is 0.838. The van der Waals surface area contributed by atoms with E-state index in [4.69, 9.17) is 5.11 Å². The fourth-order valence-electron chi connectivity index (χ4n) is 2.84. The van der Waals surface area contributed by atoms with Crippen molar-refractivity contribution in [3.63, 3.8) is 0 Å². The summed E-state index contributed by atoms with van der Waals surface area (Å²) < 4.78 is 0. The summed E-state index contributed by atoms with van der Waals surface area (Å²) in [6.07, 6.45) is 3.70. The highest BCUT2D eigenvalue weighted by Crippen LogP contribution is 2.31. The van der Waals surface area contributed by atoms with E-state index in [-0.39, 0.29) is 5.56 Å². The largest absolute Gasteiger partial charge is 0.478 e. The highest BCUT2D eigenvalue weighted by molar-refractivity contribution is 5.89. The number of aromatic carboxylic acids is 1. The van der Waals surface area contributed by atoms with Crippen molar-refractivity contribution in [2.24, 2.45) is 11.8 Å². The molecule has 0 saturated heterocycles. The van der Waals surface area contributed by atoms with E-state index in [0.717, 1.165) is 18.2 Å². The van der Waals surface area contributed by atoms with Crippen LogP contribution >= 0.6 is 0 Å². The Labute approximate surface area is 114 Å². The van der Waals surface area contributed by atoms with Crippen molar-refractivity contribution in [3.8, 4) is 0 Å². The van der Waals surface area contributed by atoms with Crippen LogP contribution in [0.3, 0.4) is 0 Å². The standard InChI is InChI=1S/C15H22N2O2/c1-9-5-4-6-13(10(9)2)17-14-8-7-12(15(18)19)11(3)16-14/h7-10,13H,4-6H2,1-3H3,(H,16,17)(H,18,19). The molecule has 4 heteroatoms. The van der Waals surface area contributed by atoms with Gasteiger partial charge in [0.2, 0.25) is 0 Å². The fourth-order valence-corrected chi connectivity index (χ4v) is 2.84. The van der Waals surface area contributed by atoms with E-state index < -0.39 is 5.97 Å². The molecule has 3 unspecified atom stereocenters. The summed E-state index contributed by atoms with van der Waals surface area (Å²) >= 11 is 0. The van der Waals surface area contributed by atoms with Gasteiger partial charge in [0.1, 0.15) is 5.82 Å². The third kappa shape index (κ3) is 3.06. The summed E-state index contributed by atoms with van der Waals surface area (Å²) in [5, 5.41) is 12.5. The van der Waals surface area contributed by atoms with Crippen LogP contribution in [-0.2, 0) is 0 Å². The van der Waals surface area contributed by atoms with Crippen LogP contribution in [0.1, 0.15) is 49.2 Å². The number of carboxylic acids is 1. The van der Waals surface area contributed by atoms with Crippen LogP contribution in [0, 0.1) is 18.8 Å². The van der Waals surface area contributed by atoms with E-state index in [1.54, 1.807) is 19.1 Å². The Morgan fingerprint density at radius 2 is 2.11 bits per heavy atom. The van der Waals surface area contributed by atoms with Gasteiger partial charge in [-0.05, 0) is 37.3 Å². The molecule has 3 atom stereocenters. The van der Waals surface area contributed by atoms with Crippen LogP contribution in [0.15, 0.2) is 12.1 Å². The Morgan fingerprint density at radius 1 is 1.37 bits per heavy atom. The molecule has 1 aromatic rings. The van der Waals surface area contributed by atoms with Crippen molar-refractivity contribution in [1.29, 1.82) is 0 Å². The summed E-state index contributed by atoms with van der Waals surface area (Å²) in [4.78, 5) is 15.3. The summed E-state index contributed by atoms with van der Waals surface area (Å²) in [6, 6.07) is 3.83. The molecule has 2 N–H and O–H groups in total. The minimum Gasteiger partial charge on any atom is -0.478 e. The van der Waals surface area contributed by atoms with Crippen LogP contribution < -0.4 is 5.32 Å². The van der Waals surface area contributed by atoms with E-state index in [2.05, 4.69) is 24.1 Å². The van der Waals surface area contributed by atoms with E-state index in [1.807, 2.05) is 0 Å². The monoisotopic (exact) mass is 262 g/mol. The van der Waals surface area contributed by atoms with Crippen molar-refractivity contribution in [2.45, 2.75) is 46.1 Å². The lowest BCUT2D eigenvalue weighted by molar-refractivity contribution is 0.0695. The zero-order chi connectivity index (χ0) is 14.0. The number of nitrogens with one attached hydrogen (secondary N) is 1. The Hall–Kier alpha value is -1.58. The second-order valence-electron chi connectivity index (χ2n) is 5.65. The average molecular weight is 262 g/mol. The van der Waals surface area contributed by atoms with Gasteiger partial charge in [0, 0.05) is 6.04 Å². The Morgan fingerprint density at radius 3 is 2.74 bits per heavy atom. The van der Waals surface area contributed by atoms with Gasteiger partial charge in [-0.25, -0.2) is 9.78 Å². The number of anilines is 1. The Kier molecular flexibility index (Phi) is 4.08. The fraction of sp³-hybridized carbons (Fsp3) is 0.600. The number of aromatic nitrogens is 1. The lowest BCUT2D eigenvalue weighted by Crippen LogP contribution is -2.35. The second-order valence-corrected chi connectivity index (χ2v) is 5.65. The molecule has 0 radical (unpaired) electrons. The van der Waals surface area contributed by atoms with Crippen LogP contribution in [0.2, 0.25) is 0 Å². The van der Waals surface area contributed by atoms with Gasteiger partial charge in [0.15, 0.2) is 0 Å². The first-order valence-corrected chi connectivity index (χ1v) is 6.96. The molecule has 1 heterocycles. The first-order chi connectivity index (χ1) is 8.99. The molecule has 1 aromatic heterocycles. The summed E-state index contributed by atoms with van der Waals surface area (Å²) in [7, 11) is 0. The minimum absolute atomic E-state index is 0.274. The van der Waals surface area contributed by atoms with Crippen molar-refractivity contribution in [3.05, 3.63) is 23.4 Å². The lowest BCUT2D eigenvalue weighted by Gasteiger charge is -2.35. The first-order valence-electron chi connectivity index (χ1n) is 6.96. The van der Waals surface area contributed by atoms with E-state index >= 15 is 0 Å². The van der Waals surface area contributed by atoms with Gasteiger partial charge in [-0.3, -0.25) is 0 Å². The third-order valence-corrected chi connectivity index (χ3v) is 4.36. The molecule has 0 amide bonds. The Bertz CT molecular complexity index is 473. The Balaban J connectivity index is 2.11. The molecule has 0 aliphatic heterocycles. The molecule has 0 aromatic carbocycles. The van der Waals surface area contributed by atoms with Crippen molar-refractivity contribution in [1.82, 2.24) is 4.98 Å². The summed E-state index contributed by atoms with van der Waals surface area (Å²) in [5.74, 6) is 1.21. The third-order valence-electron chi connectivity index (χ3n) is 4.36. The van der Waals surface area contributed by atoms with Crippen LogP contribution in [0.5, 0.6) is 0 Å². The van der Waals surface area contributed by atoms with E-state index in [1.165, 1.54) is 12.8 Å². The molecule has 1 aliphatic rings. The molecule has 2 rings (SSSR count). The maximum atomic E-state index is 11.0. The summed E-state index contributed by atoms with van der Waals surface area (Å²) in [6.45, 7) is 6.31. The highest BCUT2D eigenvalue weighted by Gasteiger charge is 2.27. The highest BCUT2D eigenvalue weighted by atomic mass is 16.4. The molecular formula is C15H22N2O2. The quantitative estimate of drug-likeness (QED) is 0.877. The minimum atomic E-state index is -0.920. The molecular weight excluding hydrogens is 240 g/mol. The number of nitrogens with zero attached hydrogens (tertiary/aromatic N) is 1. The molecule has 1 saturated carbocycles. The van der Waals surface area contributed by atoms with Crippen molar-refractivity contribution < 1.29 is 9.90 Å². The zero-order valence-corrected chi connectivity index (χ0v) is 11.8. The number of hydrogen-bond donors (Lipinski definition) is 2. The maximum Gasteiger partial charge on any atom is 0.337 e. The molecule has 19 heavy (non-hydrogen) atoms. The van der Waals surface area contributed by atoms with E-state index in [0.29, 0.717) is 17.7 Å². The van der Waals surface area contributed by atoms with Gasteiger partial charge < -0.3 is 10.4 Å². The smallest absolute Gasteiger partial charge is 0.337 e. The number of carbonyl (C=O) groups is 1. The van der Waals surface area contributed by atoms with Crippen LogP contribution in [0.4, 0.5) is 5.82 Å². The number of hydrogen-bond acceptors (Lipinski definition) is 3. The van der Waals surface area contributed by atoms with E-state index in [9.17, 15) is 4.79 Å². The molecule has 0 bridgehead atoms. The number of aryl methyl sites for hydroxylation is 1. The van der Waals surface area contributed by atoms with Gasteiger partial charge in [0.05, 0.1) is 11.3 Å². The lowest BCUT2D eigenvalue weighted by atomic mass is 9.78. The zero-order valence-electron chi connectivity index (χ0n) is 11.8. The SMILES string of the molecule is Cc1nc(NC2CCCC(C)C2C)ccc1C(=O)O. The van der Waals surface area contributed by atoms with Gasteiger partial charge >= 0.3 is 5.97 Å². The van der Waals surface area contributed by atoms with Gasteiger partial charge in [-0.15, -0.1) is 0 Å². The number of rotatable bonds is 3. The normalized spacial score (nSPS) is 27.0. The molecule has 0 spiro atoms. The molecule has 1 fully saturated rings. The van der Waals surface area contributed by atoms with Crippen LogP contribution in [-0.4, -0.2) is 22.1 Å². The van der Waals surface area contributed by atoms with Gasteiger partial charge in [-0.2, -0.15) is 0 Å².